The van der Waals surface area contributed by atoms with Gasteiger partial charge in [0.25, 0.3) is 0 Å². The molecule has 2 nitrogen and oxygen atoms in total. The van der Waals surface area contributed by atoms with Gasteiger partial charge in [0.2, 0.25) is 0 Å². The predicted octanol–water partition coefficient (Wildman–Crippen LogP) is 3.11. The molecule has 1 aromatic heterocycles. The average Bonchev–Trinajstić information content (AvgIpc) is 2.99. The van der Waals surface area contributed by atoms with E-state index < -0.39 is 0 Å². The topological polar surface area (TPSA) is 8.17 Å². The molecule has 0 saturated carbocycles. The second-order valence-electron chi connectivity index (χ2n) is 6.03. The summed E-state index contributed by atoms with van der Waals surface area (Å²) in [5.41, 5.74) is 3.64. The van der Waals surface area contributed by atoms with Crippen LogP contribution in [-0.2, 0) is 13.0 Å². The number of aromatic nitrogens is 1. The highest BCUT2D eigenvalue weighted by molar-refractivity contribution is 5.87. The molecule has 1 saturated heterocycles. The molecule has 0 aliphatic carbocycles. The van der Waals surface area contributed by atoms with Gasteiger partial charge < -0.3 is 4.57 Å². The first-order valence-corrected chi connectivity index (χ1v) is 7.24. The molecule has 19 heavy (non-hydrogen) atoms. The van der Waals surface area contributed by atoms with Gasteiger partial charge >= 0.3 is 0 Å². The van der Waals surface area contributed by atoms with Crippen molar-refractivity contribution in [3.05, 3.63) is 35.3 Å². The Labute approximate surface area is 112 Å². The Hall–Kier alpha value is -1.35. The van der Waals surface area contributed by atoms with Gasteiger partial charge in [-0.3, -0.25) is 4.90 Å². The molecular weight excluding hydrogens is 239 g/mol. The van der Waals surface area contributed by atoms with Crippen LogP contribution >= 0.6 is 0 Å². The summed E-state index contributed by atoms with van der Waals surface area (Å²) >= 11 is 0. The Balaban J connectivity index is 1.81. The SMILES string of the molecule is Cc1cn2c3c(cc(F)cc13)CC(N1CCCC1)C2. The van der Waals surface area contributed by atoms with Crippen molar-refractivity contribution in [3.8, 4) is 0 Å². The van der Waals surface area contributed by atoms with Gasteiger partial charge in [-0.1, -0.05) is 0 Å². The van der Waals surface area contributed by atoms with Crippen LogP contribution in [0.4, 0.5) is 4.39 Å². The fraction of sp³-hybridized carbons (Fsp3) is 0.500. The minimum Gasteiger partial charge on any atom is -0.345 e. The summed E-state index contributed by atoms with van der Waals surface area (Å²) in [7, 11) is 0. The van der Waals surface area contributed by atoms with Crippen LogP contribution in [0.25, 0.3) is 10.9 Å². The minimum atomic E-state index is -0.0922. The third kappa shape index (κ3) is 1.71. The Morgan fingerprint density at radius 1 is 1.21 bits per heavy atom. The van der Waals surface area contributed by atoms with Gasteiger partial charge in [0.15, 0.2) is 0 Å². The number of rotatable bonds is 1. The summed E-state index contributed by atoms with van der Waals surface area (Å²) < 4.78 is 16.1. The van der Waals surface area contributed by atoms with Crippen molar-refractivity contribution in [2.45, 2.75) is 38.8 Å². The molecule has 0 radical (unpaired) electrons. The van der Waals surface area contributed by atoms with Gasteiger partial charge in [0.1, 0.15) is 5.82 Å². The first kappa shape index (κ1) is 11.5. The number of hydrogen-bond acceptors (Lipinski definition) is 1. The van der Waals surface area contributed by atoms with Crippen LogP contribution in [0.1, 0.15) is 24.0 Å². The molecule has 0 bridgehead atoms. The predicted molar refractivity (Wildman–Crippen MR) is 74.9 cm³/mol. The number of nitrogens with zero attached hydrogens (tertiary/aromatic N) is 2. The third-order valence-corrected chi connectivity index (χ3v) is 4.74. The quantitative estimate of drug-likeness (QED) is 0.763. The molecule has 3 heterocycles. The van der Waals surface area contributed by atoms with Gasteiger partial charge in [0, 0.05) is 24.2 Å². The van der Waals surface area contributed by atoms with Crippen LogP contribution in [0, 0.1) is 12.7 Å². The maximum Gasteiger partial charge on any atom is 0.124 e. The molecule has 2 aromatic rings. The summed E-state index contributed by atoms with van der Waals surface area (Å²) in [6.45, 7) is 5.55. The molecule has 2 aliphatic rings. The highest BCUT2D eigenvalue weighted by Crippen LogP contribution is 2.32. The van der Waals surface area contributed by atoms with Crippen molar-refractivity contribution < 1.29 is 4.39 Å². The van der Waals surface area contributed by atoms with E-state index in [1.807, 2.05) is 0 Å². The first-order chi connectivity index (χ1) is 9.22. The Morgan fingerprint density at radius 3 is 2.79 bits per heavy atom. The monoisotopic (exact) mass is 258 g/mol. The van der Waals surface area contributed by atoms with Gasteiger partial charge in [-0.15, -0.1) is 0 Å². The highest BCUT2D eigenvalue weighted by atomic mass is 19.1. The third-order valence-electron chi connectivity index (χ3n) is 4.74. The second kappa shape index (κ2) is 4.07. The largest absolute Gasteiger partial charge is 0.345 e. The minimum absolute atomic E-state index is 0.0922. The lowest BCUT2D eigenvalue weighted by atomic mass is 9.98. The zero-order valence-corrected chi connectivity index (χ0v) is 11.3. The average molecular weight is 258 g/mol. The van der Waals surface area contributed by atoms with Gasteiger partial charge in [-0.05, 0) is 62.5 Å². The summed E-state index contributed by atoms with van der Waals surface area (Å²) in [6, 6.07) is 3.97. The molecule has 100 valence electrons. The van der Waals surface area contributed by atoms with E-state index in [0.29, 0.717) is 6.04 Å². The lowest BCUT2D eigenvalue weighted by Crippen LogP contribution is -2.39. The number of halogens is 1. The van der Waals surface area contributed by atoms with Crippen molar-refractivity contribution in [3.63, 3.8) is 0 Å². The van der Waals surface area contributed by atoms with Crippen molar-refractivity contribution >= 4 is 10.9 Å². The van der Waals surface area contributed by atoms with Crippen LogP contribution in [0.2, 0.25) is 0 Å². The van der Waals surface area contributed by atoms with E-state index in [4.69, 9.17) is 0 Å². The van der Waals surface area contributed by atoms with Crippen molar-refractivity contribution in [1.82, 2.24) is 9.47 Å². The van der Waals surface area contributed by atoms with Crippen molar-refractivity contribution in [2.24, 2.45) is 0 Å². The fourth-order valence-corrected chi connectivity index (χ4v) is 3.86. The number of aryl methyl sites for hydroxylation is 1. The van der Waals surface area contributed by atoms with Gasteiger partial charge in [-0.2, -0.15) is 0 Å². The summed E-state index contributed by atoms with van der Waals surface area (Å²) in [4.78, 5) is 2.58. The normalized spacial score (nSPS) is 23.4. The van der Waals surface area contributed by atoms with E-state index in [0.717, 1.165) is 18.4 Å². The Bertz CT molecular complexity index is 638. The Morgan fingerprint density at radius 2 is 2.00 bits per heavy atom. The van der Waals surface area contributed by atoms with Crippen LogP contribution in [0.15, 0.2) is 18.3 Å². The van der Waals surface area contributed by atoms with Crippen molar-refractivity contribution in [2.75, 3.05) is 13.1 Å². The maximum absolute atomic E-state index is 13.8. The maximum atomic E-state index is 13.8. The molecule has 4 rings (SSSR count). The van der Waals surface area contributed by atoms with E-state index in [-0.39, 0.29) is 5.82 Å². The Kier molecular flexibility index (Phi) is 2.46. The highest BCUT2D eigenvalue weighted by Gasteiger charge is 2.28. The molecule has 3 heteroatoms. The van der Waals surface area contributed by atoms with Crippen LogP contribution in [-0.4, -0.2) is 28.6 Å². The van der Waals surface area contributed by atoms with Crippen LogP contribution < -0.4 is 0 Å². The molecular formula is C16H19FN2. The van der Waals surface area contributed by atoms with Crippen LogP contribution in [0.5, 0.6) is 0 Å². The van der Waals surface area contributed by atoms with E-state index in [9.17, 15) is 4.39 Å². The molecule has 2 aliphatic heterocycles. The standard InChI is InChI=1S/C16H19FN2/c1-11-9-19-10-14(18-4-2-3-5-18)7-12-6-13(17)8-15(11)16(12)19/h6,8-9,14H,2-5,7,10H2,1H3. The number of hydrogen-bond donors (Lipinski definition) is 0. The zero-order chi connectivity index (χ0) is 13.0. The van der Waals surface area contributed by atoms with Crippen molar-refractivity contribution in [1.29, 1.82) is 0 Å². The molecule has 1 fully saturated rings. The van der Waals surface area contributed by atoms with E-state index in [2.05, 4.69) is 22.6 Å². The van der Waals surface area contributed by atoms with Gasteiger partial charge in [0.05, 0.1) is 5.52 Å². The summed E-state index contributed by atoms with van der Waals surface area (Å²) in [6.07, 6.45) is 5.81. The van der Waals surface area contributed by atoms with E-state index >= 15 is 0 Å². The smallest absolute Gasteiger partial charge is 0.124 e. The molecule has 0 spiro atoms. The first-order valence-electron chi connectivity index (χ1n) is 7.24. The van der Waals surface area contributed by atoms with Gasteiger partial charge in [-0.25, -0.2) is 4.39 Å². The molecule has 0 amide bonds. The molecule has 1 aromatic carbocycles. The lowest BCUT2D eigenvalue weighted by Gasteiger charge is -2.32. The molecule has 1 atom stereocenters. The summed E-state index contributed by atoms with van der Waals surface area (Å²) in [5.74, 6) is -0.0922. The van der Waals surface area contributed by atoms with E-state index in [1.54, 1.807) is 12.1 Å². The fourth-order valence-electron chi connectivity index (χ4n) is 3.86. The molecule has 1 unspecified atom stereocenters. The molecule has 0 N–H and O–H groups in total. The second-order valence-corrected chi connectivity index (χ2v) is 6.03. The zero-order valence-electron chi connectivity index (χ0n) is 11.3. The number of benzene rings is 1. The van der Waals surface area contributed by atoms with E-state index in [1.165, 1.54) is 42.6 Å². The lowest BCUT2D eigenvalue weighted by molar-refractivity contribution is 0.214. The number of likely N-dealkylation sites (tertiary alicyclic amines) is 1. The van der Waals surface area contributed by atoms with Crippen LogP contribution in [0.3, 0.4) is 0 Å². The summed E-state index contributed by atoms with van der Waals surface area (Å²) in [5, 5.41) is 1.09.